The van der Waals surface area contributed by atoms with Crippen molar-refractivity contribution in [3.05, 3.63) is 197 Å². The van der Waals surface area contributed by atoms with Gasteiger partial charge in [0.15, 0.2) is 0 Å². The van der Waals surface area contributed by atoms with Crippen LogP contribution in [-0.2, 0) is 27.1 Å². The molecule has 8 aromatic carbocycles. The van der Waals surface area contributed by atoms with Crippen molar-refractivity contribution in [1.29, 1.82) is 0 Å². The average molecular weight is 980 g/mol. The molecule has 3 heterocycles. The molecule has 0 N–H and O–H groups in total. The molecule has 0 bridgehead atoms. The van der Waals surface area contributed by atoms with Crippen LogP contribution in [0.4, 0.5) is 45.5 Å². The second-order valence-corrected chi connectivity index (χ2v) is 26.9. The summed E-state index contributed by atoms with van der Waals surface area (Å²) in [6.07, 6.45) is 4.77. The van der Waals surface area contributed by atoms with E-state index in [4.69, 9.17) is 0 Å². The van der Waals surface area contributed by atoms with Crippen LogP contribution in [0.2, 0.25) is 0 Å². The zero-order valence-electron chi connectivity index (χ0n) is 46.8. The molecule has 376 valence electrons. The molecule has 0 saturated heterocycles. The first-order valence-electron chi connectivity index (χ1n) is 28.0. The van der Waals surface area contributed by atoms with Crippen LogP contribution in [0.3, 0.4) is 0 Å². The molecule has 75 heavy (non-hydrogen) atoms. The number of fused-ring (bicyclic) bond motifs is 11. The van der Waals surface area contributed by atoms with Gasteiger partial charge in [-0.3, -0.25) is 0 Å². The van der Waals surface area contributed by atoms with Gasteiger partial charge in [-0.25, -0.2) is 0 Å². The van der Waals surface area contributed by atoms with Crippen LogP contribution >= 0.6 is 0 Å². The summed E-state index contributed by atoms with van der Waals surface area (Å²) in [7, 11) is 0. The molecule has 8 aromatic rings. The first-order chi connectivity index (χ1) is 35.6. The molecule has 2 unspecified atom stereocenters. The van der Waals surface area contributed by atoms with Gasteiger partial charge >= 0.3 is 0 Å². The minimum absolute atomic E-state index is 0.0118. The molecule has 1 fully saturated rings. The highest BCUT2D eigenvalue weighted by atomic mass is 15.3. The van der Waals surface area contributed by atoms with Gasteiger partial charge in [-0.05, 0) is 151 Å². The summed E-state index contributed by atoms with van der Waals surface area (Å²) in [5.41, 5.74) is 27.1. The predicted molar refractivity (Wildman–Crippen MR) is 322 cm³/mol. The Hall–Kier alpha value is -6.78. The number of hydrogen-bond donors (Lipinski definition) is 0. The van der Waals surface area contributed by atoms with Gasteiger partial charge in [0.2, 0.25) is 0 Å². The van der Waals surface area contributed by atoms with E-state index in [9.17, 15) is 0 Å². The van der Waals surface area contributed by atoms with Crippen molar-refractivity contribution >= 4 is 68.6 Å². The van der Waals surface area contributed by atoms with E-state index in [-0.39, 0.29) is 39.3 Å². The lowest BCUT2D eigenvalue weighted by Crippen LogP contribution is -2.62. The van der Waals surface area contributed by atoms with E-state index in [1.165, 1.54) is 137 Å². The molecule has 13 rings (SSSR count). The lowest BCUT2D eigenvalue weighted by Gasteiger charge is -2.51. The third kappa shape index (κ3) is 6.86. The standard InChI is InChI=1S/C71H74BN3/c1-66(2,3)46-29-33-49(34-30-46)73-60-38-32-48(68(7,8)9)42-57(60)72-56-36-35-52-51-25-17-18-26-54(51)69(10,11)63(52)65(56)74(58-37-31-47(67(4,5)6)41-53(58)45-23-15-14-16-24-45)62-44-50(43-61(73)64(62)72)75-59-28-20-19-27-55(59)70(12)39-21-22-40-71(70,75)13/h14-20,23-38,41-44H,21-22,39-40H2,1-13H3. The zero-order valence-corrected chi connectivity index (χ0v) is 46.8. The maximum Gasteiger partial charge on any atom is 0.252 e. The molecule has 1 saturated carbocycles. The van der Waals surface area contributed by atoms with Crippen molar-refractivity contribution < 1.29 is 0 Å². The zero-order chi connectivity index (χ0) is 52.4. The molecule has 3 aliphatic heterocycles. The molecule has 0 spiro atoms. The van der Waals surface area contributed by atoms with Crippen molar-refractivity contribution in [1.82, 2.24) is 0 Å². The summed E-state index contributed by atoms with van der Waals surface area (Å²) in [5.74, 6) is 0. The van der Waals surface area contributed by atoms with Crippen LogP contribution in [0.15, 0.2) is 164 Å². The molecule has 3 nitrogen and oxygen atoms in total. The van der Waals surface area contributed by atoms with E-state index in [1.807, 2.05) is 0 Å². The van der Waals surface area contributed by atoms with Crippen molar-refractivity contribution in [3.8, 4) is 22.3 Å². The third-order valence-corrected chi connectivity index (χ3v) is 19.0. The van der Waals surface area contributed by atoms with E-state index in [2.05, 4.69) is 269 Å². The highest BCUT2D eigenvalue weighted by Gasteiger charge is 2.58. The first kappa shape index (κ1) is 47.9. The predicted octanol–water partition coefficient (Wildman–Crippen LogP) is 17.4. The number of rotatable bonds is 4. The largest absolute Gasteiger partial charge is 0.334 e. The first-order valence-corrected chi connectivity index (χ1v) is 28.0. The Morgan fingerprint density at radius 3 is 1.71 bits per heavy atom. The Balaban J connectivity index is 1.21. The number of anilines is 8. The fraction of sp³-hybridized carbons (Fsp3) is 0.324. The molecule has 0 amide bonds. The quantitative estimate of drug-likeness (QED) is 0.163. The Morgan fingerprint density at radius 1 is 0.427 bits per heavy atom. The van der Waals surface area contributed by atoms with Gasteiger partial charge in [-0.2, -0.15) is 0 Å². The van der Waals surface area contributed by atoms with Gasteiger partial charge in [0.25, 0.3) is 6.71 Å². The summed E-state index contributed by atoms with van der Waals surface area (Å²) in [5, 5.41) is 0. The second-order valence-electron chi connectivity index (χ2n) is 26.9. The second kappa shape index (κ2) is 16.1. The van der Waals surface area contributed by atoms with Crippen LogP contribution in [-0.4, -0.2) is 12.3 Å². The van der Waals surface area contributed by atoms with Gasteiger partial charge in [0.05, 0.1) is 11.2 Å². The van der Waals surface area contributed by atoms with Crippen LogP contribution in [0.1, 0.15) is 149 Å². The molecule has 4 heteroatoms. The minimum atomic E-state index is -0.289. The minimum Gasteiger partial charge on any atom is -0.334 e. The smallest absolute Gasteiger partial charge is 0.252 e. The average Bonchev–Trinajstić information content (AvgIpc) is 3.75. The van der Waals surface area contributed by atoms with Crippen molar-refractivity contribution in [2.24, 2.45) is 0 Å². The maximum atomic E-state index is 2.82. The monoisotopic (exact) mass is 980 g/mol. The van der Waals surface area contributed by atoms with E-state index in [1.54, 1.807) is 0 Å². The van der Waals surface area contributed by atoms with Crippen molar-refractivity contribution in [2.45, 2.75) is 148 Å². The lowest BCUT2D eigenvalue weighted by atomic mass is 9.33. The van der Waals surface area contributed by atoms with E-state index >= 15 is 0 Å². The van der Waals surface area contributed by atoms with Gasteiger partial charge < -0.3 is 14.7 Å². The van der Waals surface area contributed by atoms with Gasteiger partial charge in [0, 0.05) is 56.2 Å². The van der Waals surface area contributed by atoms with E-state index in [0.717, 1.165) is 6.42 Å². The molecule has 0 aromatic heterocycles. The number of nitrogens with zero attached hydrogens (tertiary/aromatic N) is 3. The summed E-state index contributed by atoms with van der Waals surface area (Å²) in [6.45, 7) is 31.2. The summed E-state index contributed by atoms with van der Waals surface area (Å²) in [6, 6.07) is 64.5. The molecule has 2 atom stereocenters. The summed E-state index contributed by atoms with van der Waals surface area (Å²) >= 11 is 0. The van der Waals surface area contributed by atoms with E-state index < -0.39 is 0 Å². The SMILES string of the molecule is CC(C)(C)c1ccc(N2c3ccc(C(C)(C)C)cc3B3c4ccc5c(c4N(c4ccc(C(C)(C)C)cc4-c4ccccc4)c4cc(N6c7ccccc7C7(C)CCCCC67C)cc2c43)C(C)(C)c2ccccc2-5)cc1. The molecular formula is C71H74BN3. The topological polar surface area (TPSA) is 9.72 Å². The molecule has 5 aliphatic rings. The van der Waals surface area contributed by atoms with Crippen LogP contribution in [0.25, 0.3) is 22.3 Å². The number of para-hydroxylation sites is 1. The van der Waals surface area contributed by atoms with Crippen LogP contribution in [0, 0.1) is 0 Å². The highest BCUT2D eigenvalue weighted by molar-refractivity contribution is 7.00. The normalized spacial score (nSPS) is 20.0. The Morgan fingerprint density at radius 2 is 1.01 bits per heavy atom. The number of hydrogen-bond acceptors (Lipinski definition) is 3. The van der Waals surface area contributed by atoms with Crippen molar-refractivity contribution in [3.63, 3.8) is 0 Å². The fourth-order valence-electron chi connectivity index (χ4n) is 14.7. The molecule has 0 radical (unpaired) electrons. The Bertz CT molecular complexity index is 3640. The Labute approximate surface area is 448 Å². The molecule has 2 aliphatic carbocycles. The maximum absolute atomic E-state index is 2.82. The number of benzene rings is 8. The third-order valence-electron chi connectivity index (χ3n) is 19.0. The van der Waals surface area contributed by atoms with Crippen LogP contribution in [0.5, 0.6) is 0 Å². The Kier molecular flexibility index (Phi) is 10.3. The summed E-state index contributed by atoms with van der Waals surface area (Å²) < 4.78 is 0. The summed E-state index contributed by atoms with van der Waals surface area (Å²) in [4.78, 5) is 8.24. The molecular weight excluding hydrogens is 906 g/mol. The van der Waals surface area contributed by atoms with Crippen LogP contribution < -0.4 is 31.1 Å². The van der Waals surface area contributed by atoms with Crippen molar-refractivity contribution in [2.75, 3.05) is 14.7 Å². The van der Waals surface area contributed by atoms with Gasteiger partial charge in [0.1, 0.15) is 0 Å². The van der Waals surface area contributed by atoms with Gasteiger partial charge in [-0.1, -0.05) is 211 Å². The van der Waals surface area contributed by atoms with E-state index in [0.29, 0.717) is 0 Å². The fourth-order valence-corrected chi connectivity index (χ4v) is 14.7. The highest BCUT2D eigenvalue weighted by Crippen LogP contribution is 2.63. The lowest BCUT2D eigenvalue weighted by molar-refractivity contribution is 0.195. The van der Waals surface area contributed by atoms with Gasteiger partial charge in [-0.15, -0.1) is 0 Å².